The molecule has 0 unspecified atom stereocenters. The molecule has 7 nitrogen and oxygen atoms in total. The van der Waals surface area contributed by atoms with Crippen LogP contribution in [0.4, 0.5) is 23.1 Å². The molecule has 0 radical (unpaired) electrons. The fourth-order valence-corrected chi connectivity index (χ4v) is 2.55. The molecule has 0 saturated heterocycles. The van der Waals surface area contributed by atoms with Gasteiger partial charge in [-0.25, -0.2) is 4.79 Å². The Balaban J connectivity index is 1.69. The number of esters is 1. The van der Waals surface area contributed by atoms with Gasteiger partial charge in [0, 0.05) is 11.4 Å². The molecule has 0 atom stereocenters. The molecule has 3 aromatic rings. The zero-order valence-corrected chi connectivity index (χ0v) is 16.4. The predicted molar refractivity (Wildman–Crippen MR) is 109 cm³/mol. The van der Waals surface area contributed by atoms with Gasteiger partial charge in [0.05, 0.1) is 18.9 Å². The first-order chi connectivity index (χ1) is 13.3. The molecule has 7 heteroatoms. The molecule has 144 valence electrons. The van der Waals surface area contributed by atoms with Crippen LogP contribution in [0.5, 0.6) is 0 Å². The van der Waals surface area contributed by atoms with Gasteiger partial charge in [0.15, 0.2) is 5.82 Å². The molecule has 2 N–H and O–H groups in total. The maximum absolute atomic E-state index is 11.5. The topological polar surface area (TPSA) is 89.0 Å². The zero-order chi connectivity index (χ0) is 20.1. The van der Waals surface area contributed by atoms with E-state index in [9.17, 15) is 4.79 Å². The number of nitrogens with zero attached hydrogens (tertiary/aromatic N) is 3. The van der Waals surface area contributed by atoms with Crippen LogP contribution in [0.3, 0.4) is 0 Å². The Hall–Kier alpha value is -3.48. The molecule has 1 aromatic heterocycles. The van der Waals surface area contributed by atoms with E-state index in [-0.39, 0.29) is 11.4 Å². The number of rotatable bonds is 5. The molecular formula is C21H23N5O2. The summed E-state index contributed by atoms with van der Waals surface area (Å²) in [4.78, 5) is 15.9. The molecule has 1 heterocycles. The van der Waals surface area contributed by atoms with E-state index in [1.165, 1.54) is 12.7 Å². The monoisotopic (exact) mass is 377 g/mol. The maximum Gasteiger partial charge on any atom is 0.337 e. The van der Waals surface area contributed by atoms with E-state index in [0.29, 0.717) is 17.3 Å². The van der Waals surface area contributed by atoms with Crippen LogP contribution in [0.15, 0.2) is 54.7 Å². The molecule has 0 bridgehead atoms. The third-order valence-corrected chi connectivity index (χ3v) is 4.14. The van der Waals surface area contributed by atoms with Crippen molar-refractivity contribution in [3.63, 3.8) is 0 Å². The van der Waals surface area contributed by atoms with Gasteiger partial charge in [0.25, 0.3) is 0 Å². The van der Waals surface area contributed by atoms with Gasteiger partial charge < -0.3 is 15.4 Å². The lowest BCUT2D eigenvalue weighted by molar-refractivity contribution is 0.0601. The Labute approximate surface area is 164 Å². The van der Waals surface area contributed by atoms with E-state index in [2.05, 4.69) is 58.7 Å². The van der Waals surface area contributed by atoms with Gasteiger partial charge in [-0.05, 0) is 47.4 Å². The summed E-state index contributed by atoms with van der Waals surface area (Å²) in [6, 6.07) is 15.1. The number of carbonyl (C=O) groups excluding carboxylic acids is 1. The summed E-state index contributed by atoms with van der Waals surface area (Å²) in [5, 5.41) is 14.3. The average Bonchev–Trinajstić information content (AvgIpc) is 2.68. The third kappa shape index (κ3) is 4.82. The summed E-state index contributed by atoms with van der Waals surface area (Å²) >= 11 is 0. The Morgan fingerprint density at radius 1 is 0.929 bits per heavy atom. The molecule has 0 spiro atoms. The Morgan fingerprint density at radius 3 is 2.14 bits per heavy atom. The molecule has 0 aliphatic rings. The van der Waals surface area contributed by atoms with Crippen molar-refractivity contribution in [1.29, 1.82) is 0 Å². The summed E-state index contributed by atoms with van der Waals surface area (Å²) in [6.45, 7) is 6.54. The number of aromatic nitrogens is 3. The number of methoxy groups -OCH3 is 1. The lowest BCUT2D eigenvalue weighted by Crippen LogP contribution is -2.10. The summed E-state index contributed by atoms with van der Waals surface area (Å²) in [5.74, 6) is 0.544. The van der Waals surface area contributed by atoms with Crippen molar-refractivity contribution in [2.75, 3.05) is 17.7 Å². The van der Waals surface area contributed by atoms with E-state index in [4.69, 9.17) is 4.74 Å². The quantitative estimate of drug-likeness (QED) is 0.635. The molecule has 0 aliphatic heterocycles. The van der Waals surface area contributed by atoms with E-state index >= 15 is 0 Å². The van der Waals surface area contributed by atoms with Crippen molar-refractivity contribution in [2.24, 2.45) is 0 Å². The minimum Gasteiger partial charge on any atom is -0.465 e. The SMILES string of the molecule is COC(=O)c1ccc(Nc2nncc(Nc3ccc(C(C)(C)C)cc3)n2)cc1. The minimum atomic E-state index is -0.381. The Morgan fingerprint density at radius 2 is 1.54 bits per heavy atom. The largest absolute Gasteiger partial charge is 0.465 e. The first-order valence-electron chi connectivity index (χ1n) is 8.88. The second-order valence-electron chi connectivity index (χ2n) is 7.31. The highest BCUT2D eigenvalue weighted by Gasteiger charge is 2.13. The van der Waals surface area contributed by atoms with E-state index in [1.54, 1.807) is 30.5 Å². The molecule has 28 heavy (non-hydrogen) atoms. The maximum atomic E-state index is 11.5. The molecule has 0 amide bonds. The van der Waals surface area contributed by atoms with Crippen LogP contribution >= 0.6 is 0 Å². The average molecular weight is 377 g/mol. The van der Waals surface area contributed by atoms with Crippen LogP contribution in [0.1, 0.15) is 36.7 Å². The summed E-state index contributed by atoms with van der Waals surface area (Å²) in [7, 11) is 1.35. The highest BCUT2D eigenvalue weighted by atomic mass is 16.5. The smallest absolute Gasteiger partial charge is 0.337 e. The number of hydrogen-bond acceptors (Lipinski definition) is 7. The fraction of sp³-hybridized carbons (Fsp3) is 0.238. The van der Waals surface area contributed by atoms with Crippen LogP contribution in [0.2, 0.25) is 0 Å². The predicted octanol–water partition coefficient (Wildman–Crippen LogP) is 4.44. The van der Waals surface area contributed by atoms with Crippen LogP contribution < -0.4 is 10.6 Å². The third-order valence-electron chi connectivity index (χ3n) is 4.14. The number of carbonyl (C=O) groups is 1. The van der Waals surface area contributed by atoms with Gasteiger partial charge >= 0.3 is 5.97 Å². The lowest BCUT2D eigenvalue weighted by Gasteiger charge is -2.19. The van der Waals surface area contributed by atoms with Crippen LogP contribution in [-0.4, -0.2) is 28.3 Å². The Bertz CT molecular complexity index is 948. The lowest BCUT2D eigenvalue weighted by atomic mass is 9.87. The normalized spacial score (nSPS) is 11.0. The van der Waals surface area contributed by atoms with Crippen LogP contribution in [0.25, 0.3) is 0 Å². The minimum absolute atomic E-state index is 0.107. The fourth-order valence-electron chi connectivity index (χ4n) is 2.55. The van der Waals surface area contributed by atoms with Crippen molar-refractivity contribution < 1.29 is 9.53 Å². The van der Waals surface area contributed by atoms with E-state index in [0.717, 1.165) is 11.4 Å². The van der Waals surface area contributed by atoms with E-state index < -0.39 is 0 Å². The molecular weight excluding hydrogens is 354 g/mol. The van der Waals surface area contributed by atoms with Gasteiger partial charge in [-0.2, -0.15) is 10.1 Å². The van der Waals surface area contributed by atoms with Gasteiger partial charge in [0.1, 0.15) is 0 Å². The van der Waals surface area contributed by atoms with Crippen molar-refractivity contribution in [2.45, 2.75) is 26.2 Å². The van der Waals surface area contributed by atoms with Crippen molar-refractivity contribution >= 4 is 29.1 Å². The number of hydrogen-bond donors (Lipinski definition) is 2. The standard InChI is InChI=1S/C21H23N5O2/c1-21(2,3)15-7-11-16(12-8-15)23-18-13-22-26-20(25-18)24-17-9-5-14(6-10-17)19(27)28-4/h5-13H,1-4H3,(H2,23,24,25,26). The van der Waals surface area contributed by atoms with Crippen LogP contribution in [0, 0.1) is 0 Å². The van der Waals surface area contributed by atoms with Crippen molar-refractivity contribution in [3.8, 4) is 0 Å². The second kappa shape index (κ2) is 8.04. The number of nitrogens with one attached hydrogen (secondary N) is 2. The van der Waals surface area contributed by atoms with Crippen molar-refractivity contribution in [1.82, 2.24) is 15.2 Å². The van der Waals surface area contributed by atoms with Gasteiger partial charge in [-0.3, -0.25) is 0 Å². The molecule has 2 aromatic carbocycles. The van der Waals surface area contributed by atoms with Gasteiger partial charge in [0.2, 0.25) is 5.95 Å². The van der Waals surface area contributed by atoms with Gasteiger partial charge in [-0.15, -0.1) is 5.10 Å². The molecule has 3 rings (SSSR count). The molecule has 0 fully saturated rings. The van der Waals surface area contributed by atoms with Crippen LogP contribution in [-0.2, 0) is 10.2 Å². The zero-order valence-electron chi connectivity index (χ0n) is 16.4. The number of benzene rings is 2. The summed E-state index contributed by atoms with van der Waals surface area (Å²) in [6.07, 6.45) is 1.56. The highest BCUT2D eigenvalue weighted by molar-refractivity contribution is 5.89. The first kappa shape index (κ1) is 19.3. The van der Waals surface area contributed by atoms with E-state index in [1.807, 2.05) is 12.1 Å². The first-order valence-corrected chi connectivity index (χ1v) is 8.88. The summed E-state index contributed by atoms with van der Waals surface area (Å²) in [5.41, 5.74) is 3.50. The summed E-state index contributed by atoms with van der Waals surface area (Å²) < 4.78 is 4.69. The molecule has 0 saturated carbocycles. The van der Waals surface area contributed by atoms with Crippen molar-refractivity contribution in [3.05, 3.63) is 65.9 Å². The Kier molecular flexibility index (Phi) is 5.54. The number of ether oxygens (including phenoxy) is 1. The second-order valence-corrected chi connectivity index (χ2v) is 7.31. The van der Waals surface area contributed by atoms with Gasteiger partial charge in [-0.1, -0.05) is 32.9 Å². The highest BCUT2D eigenvalue weighted by Crippen LogP contribution is 2.24. The molecule has 0 aliphatic carbocycles. The number of anilines is 4.